The first kappa shape index (κ1) is 15.0. The van der Waals surface area contributed by atoms with E-state index in [2.05, 4.69) is 13.8 Å². The third-order valence-electron chi connectivity index (χ3n) is 3.48. The van der Waals surface area contributed by atoms with Gasteiger partial charge in [0.15, 0.2) is 0 Å². The van der Waals surface area contributed by atoms with Gasteiger partial charge in [0.05, 0.1) is 0 Å². The van der Waals surface area contributed by atoms with Gasteiger partial charge in [-0.15, -0.1) is 0 Å². The van der Waals surface area contributed by atoms with Gasteiger partial charge in [0.25, 0.3) is 0 Å². The molecule has 0 aromatic rings. The molecule has 0 aromatic carbocycles. The molecule has 4 nitrogen and oxygen atoms in total. The van der Waals surface area contributed by atoms with Crippen LogP contribution in [0.3, 0.4) is 0 Å². The fourth-order valence-electron chi connectivity index (χ4n) is 2.44. The highest BCUT2D eigenvalue weighted by Gasteiger charge is 2.38. The Balaban J connectivity index is 2.63. The second kappa shape index (κ2) is 5.29. The summed E-state index contributed by atoms with van der Waals surface area (Å²) in [4.78, 5) is 24.4. The number of rotatable bonds is 2. The summed E-state index contributed by atoms with van der Waals surface area (Å²) in [5, 5.41) is 0. The van der Waals surface area contributed by atoms with Crippen LogP contribution in [-0.2, 0) is 9.53 Å². The average molecular weight is 255 g/mol. The van der Waals surface area contributed by atoms with Gasteiger partial charge >= 0.3 is 6.09 Å². The number of piperidine rings is 1. The fourth-order valence-corrected chi connectivity index (χ4v) is 2.44. The molecule has 1 aliphatic rings. The topological polar surface area (TPSA) is 46.6 Å². The molecule has 18 heavy (non-hydrogen) atoms. The van der Waals surface area contributed by atoms with Crippen molar-refractivity contribution in [1.29, 1.82) is 0 Å². The van der Waals surface area contributed by atoms with Gasteiger partial charge in [0.2, 0.25) is 0 Å². The highest BCUT2D eigenvalue weighted by molar-refractivity contribution is 5.68. The Bertz CT molecular complexity index is 317. The number of carbonyl (C=O) groups is 2. The molecule has 0 N–H and O–H groups in total. The van der Waals surface area contributed by atoms with Crippen molar-refractivity contribution < 1.29 is 14.3 Å². The summed E-state index contributed by atoms with van der Waals surface area (Å²) in [6.07, 6.45) is 2.18. The minimum atomic E-state index is -0.457. The lowest BCUT2D eigenvalue weighted by Crippen LogP contribution is -2.49. The molecule has 1 heterocycles. The van der Waals surface area contributed by atoms with E-state index in [4.69, 9.17) is 4.74 Å². The first-order chi connectivity index (χ1) is 8.15. The Hall–Kier alpha value is -1.06. The summed E-state index contributed by atoms with van der Waals surface area (Å²) in [5.74, 6) is 0.355. The molecule has 1 unspecified atom stereocenters. The van der Waals surface area contributed by atoms with Gasteiger partial charge in [0, 0.05) is 19.5 Å². The van der Waals surface area contributed by atoms with Gasteiger partial charge in [-0.05, 0) is 38.5 Å². The number of aldehydes is 1. The Morgan fingerprint density at radius 3 is 2.50 bits per heavy atom. The number of carbonyl (C=O) groups excluding carboxylic acids is 2. The van der Waals surface area contributed by atoms with Crippen molar-refractivity contribution in [3.05, 3.63) is 0 Å². The number of hydrogen-bond donors (Lipinski definition) is 0. The minimum Gasteiger partial charge on any atom is -0.444 e. The molecule has 1 saturated heterocycles. The van der Waals surface area contributed by atoms with Crippen LogP contribution in [0, 0.1) is 11.3 Å². The first-order valence-corrected chi connectivity index (χ1v) is 6.57. The Kier molecular flexibility index (Phi) is 4.41. The van der Waals surface area contributed by atoms with E-state index in [-0.39, 0.29) is 11.5 Å². The maximum atomic E-state index is 12.0. The lowest BCUT2D eigenvalue weighted by Gasteiger charge is -2.43. The molecule has 1 aliphatic heterocycles. The lowest BCUT2D eigenvalue weighted by molar-refractivity contribution is -0.110. The van der Waals surface area contributed by atoms with Crippen LogP contribution in [-0.4, -0.2) is 36.0 Å². The summed E-state index contributed by atoms with van der Waals surface area (Å²) in [6.45, 7) is 11.2. The van der Waals surface area contributed by atoms with Crippen molar-refractivity contribution in [2.45, 2.75) is 53.1 Å². The highest BCUT2D eigenvalue weighted by Crippen LogP contribution is 2.36. The molecule has 0 saturated carbocycles. The van der Waals surface area contributed by atoms with Crippen molar-refractivity contribution in [2.24, 2.45) is 11.3 Å². The fraction of sp³-hybridized carbons (Fsp3) is 0.857. The number of ether oxygens (including phenoxy) is 1. The van der Waals surface area contributed by atoms with Crippen molar-refractivity contribution >= 4 is 12.4 Å². The summed E-state index contributed by atoms with van der Waals surface area (Å²) in [7, 11) is 0. The van der Waals surface area contributed by atoms with Gasteiger partial charge in [-0.1, -0.05) is 13.8 Å². The maximum Gasteiger partial charge on any atom is 0.410 e. The predicted molar refractivity (Wildman–Crippen MR) is 70.4 cm³/mol. The second-order valence-electron chi connectivity index (χ2n) is 6.78. The van der Waals surface area contributed by atoms with E-state index >= 15 is 0 Å². The number of likely N-dealkylation sites (tertiary alicyclic amines) is 1. The van der Waals surface area contributed by atoms with Gasteiger partial charge in [0.1, 0.15) is 11.9 Å². The molecule has 0 aromatic heterocycles. The van der Waals surface area contributed by atoms with E-state index in [1.807, 2.05) is 20.8 Å². The monoisotopic (exact) mass is 255 g/mol. The van der Waals surface area contributed by atoms with Crippen molar-refractivity contribution in [1.82, 2.24) is 4.90 Å². The number of nitrogens with zero attached hydrogens (tertiary/aromatic N) is 1. The number of hydrogen-bond acceptors (Lipinski definition) is 3. The third-order valence-corrected chi connectivity index (χ3v) is 3.48. The van der Waals surface area contributed by atoms with E-state index in [9.17, 15) is 9.59 Å². The van der Waals surface area contributed by atoms with E-state index in [0.29, 0.717) is 25.4 Å². The van der Waals surface area contributed by atoms with Crippen molar-refractivity contribution in [3.63, 3.8) is 0 Å². The summed E-state index contributed by atoms with van der Waals surface area (Å²) in [5.41, 5.74) is -0.489. The minimum absolute atomic E-state index is 0.0317. The molecule has 1 atom stereocenters. The van der Waals surface area contributed by atoms with Gasteiger partial charge in [-0.3, -0.25) is 0 Å². The zero-order chi connectivity index (χ0) is 14.0. The molecule has 0 bridgehead atoms. The van der Waals surface area contributed by atoms with E-state index in [1.165, 1.54) is 0 Å². The van der Waals surface area contributed by atoms with Crippen molar-refractivity contribution in [2.75, 3.05) is 13.1 Å². The maximum absolute atomic E-state index is 12.0. The molecular formula is C14H25NO3. The van der Waals surface area contributed by atoms with Crippen LogP contribution in [0.1, 0.15) is 47.5 Å². The average Bonchev–Trinajstić information content (AvgIpc) is 2.18. The molecule has 1 rings (SSSR count). The lowest BCUT2D eigenvalue weighted by atomic mass is 9.72. The Morgan fingerprint density at radius 1 is 1.44 bits per heavy atom. The molecule has 0 spiro atoms. The molecule has 4 heteroatoms. The zero-order valence-corrected chi connectivity index (χ0v) is 12.2. The van der Waals surface area contributed by atoms with Gasteiger partial charge < -0.3 is 14.4 Å². The molecule has 0 aliphatic carbocycles. The second-order valence-corrected chi connectivity index (χ2v) is 6.78. The molecule has 1 fully saturated rings. The highest BCUT2D eigenvalue weighted by atomic mass is 16.6. The van der Waals surface area contributed by atoms with Crippen LogP contribution in [0.4, 0.5) is 4.79 Å². The number of amides is 1. The van der Waals surface area contributed by atoms with Crippen LogP contribution in [0.5, 0.6) is 0 Å². The molecule has 1 amide bonds. The SMILES string of the molecule is CC(C)(C)OC(=O)N1CCC(CC=O)C(C)(C)C1. The molecular weight excluding hydrogens is 230 g/mol. The van der Waals surface area contributed by atoms with Gasteiger partial charge in [-0.25, -0.2) is 4.79 Å². The normalized spacial score (nSPS) is 23.6. The largest absolute Gasteiger partial charge is 0.444 e. The standard InChI is InChI=1S/C14H25NO3/c1-13(2,3)18-12(17)15-8-6-11(7-9-16)14(4,5)10-15/h9,11H,6-8,10H2,1-5H3. The molecule has 104 valence electrons. The third kappa shape index (κ3) is 4.00. The summed E-state index contributed by atoms with van der Waals surface area (Å²) in [6, 6.07) is 0. The first-order valence-electron chi connectivity index (χ1n) is 6.57. The van der Waals surface area contributed by atoms with Gasteiger partial charge in [-0.2, -0.15) is 0 Å². The van der Waals surface area contributed by atoms with Crippen LogP contribution in [0.2, 0.25) is 0 Å². The van der Waals surface area contributed by atoms with Crippen LogP contribution < -0.4 is 0 Å². The van der Waals surface area contributed by atoms with Crippen LogP contribution in [0.25, 0.3) is 0 Å². The molecule has 0 radical (unpaired) electrons. The summed E-state index contributed by atoms with van der Waals surface area (Å²) < 4.78 is 5.38. The zero-order valence-electron chi connectivity index (χ0n) is 12.2. The van der Waals surface area contributed by atoms with E-state index in [1.54, 1.807) is 4.90 Å². The van der Waals surface area contributed by atoms with E-state index < -0.39 is 5.60 Å². The van der Waals surface area contributed by atoms with Crippen LogP contribution >= 0.6 is 0 Å². The van der Waals surface area contributed by atoms with Crippen molar-refractivity contribution in [3.8, 4) is 0 Å². The predicted octanol–water partition coefficient (Wildman–Crippen LogP) is 2.86. The smallest absolute Gasteiger partial charge is 0.410 e. The Labute approximate surface area is 110 Å². The van der Waals surface area contributed by atoms with E-state index in [0.717, 1.165) is 12.7 Å². The quantitative estimate of drug-likeness (QED) is 0.713. The summed E-state index contributed by atoms with van der Waals surface area (Å²) >= 11 is 0. The van der Waals surface area contributed by atoms with Crippen LogP contribution in [0.15, 0.2) is 0 Å². The Morgan fingerprint density at radius 2 is 2.06 bits per heavy atom.